The van der Waals surface area contributed by atoms with Gasteiger partial charge < -0.3 is 15.0 Å². The molecule has 2 heterocycles. The molecule has 1 aliphatic heterocycles. The minimum absolute atomic E-state index is 0.0996. The second-order valence-corrected chi connectivity index (χ2v) is 9.56. The number of carbonyl (C=O) groups is 1. The van der Waals surface area contributed by atoms with Crippen molar-refractivity contribution in [2.45, 2.75) is 31.9 Å². The number of alkyl halides is 1. The third-order valence-corrected chi connectivity index (χ3v) is 7.27. The first-order valence-electron chi connectivity index (χ1n) is 12.4. The third kappa shape index (κ3) is 6.16. The Labute approximate surface area is 217 Å². The van der Waals surface area contributed by atoms with Crippen molar-refractivity contribution in [1.29, 1.82) is 0 Å². The zero-order chi connectivity index (χ0) is 27.3. The molecule has 1 amide bonds. The normalized spacial score (nSPS) is 16.3. The van der Waals surface area contributed by atoms with Crippen LogP contribution in [0.3, 0.4) is 0 Å². The van der Waals surface area contributed by atoms with Crippen molar-refractivity contribution in [3.05, 3.63) is 65.6 Å². The lowest BCUT2D eigenvalue weighted by Crippen LogP contribution is -2.49. The summed E-state index contributed by atoms with van der Waals surface area (Å²) in [6.45, 7) is 1.96. The average Bonchev–Trinajstić information content (AvgIpc) is 2.91. The summed E-state index contributed by atoms with van der Waals surface area (Å²) in [6.07, 6.45) is -0.0415. The molecule has 1 aromatic heterocycles. The Kier molecular flexibility index (Phi) is 8.68. The Morgan fingerprint density at radius 1 is 1.16 bits per heavy atom. The largest absolute Gasteiger partial charge is 0.497 e. The van der Waals surface area contributed by atoms with Crippen LogP contribution in [0.25, 0.3) is 10.9 Å². The number of rotatable bonds is 10. The lowest BCUT2D eigenvalue weighted by atomic mass is 9.73. The van der Waals surface area contributed by atoms with E-state index in [4.69, 9.17) is 4.74 Å². The van der Waals surface area contributed by atoms with Crippen molar-refractivity contribution in [3.8, 4) is 5.75 Å². The number of hydrogen-bond acceptors (Lipinski definition) is 6. The fourth-order valence-electron chi connectivity index (χ4n) is 5.09. The van der Waals surface area contributed by atoms with E-state index >= 15 is 4.39 Å². The lowest BCUT2D eigenvalue weighted by molar-refractivity contribution is -0.143. The van der Waals surface area contributed by atoms with Gasteiger partial charge in [-0.15, -0.1) is 0 Å². The maximum absolute atomic E-state index is 15.5. The van der Waals surface area contributed by atoms with Crippen molar-refractivity contribution >= 4 is 22.5 Å². The molecule has 11 heteroatoms. The molecule has 38 heavy (non-hydrogen) atoms. The zero-order valence-electron chi connectivity index (χ0n) is 20.9. The molecule has 0 bridgehead atoms. The Morgan fingerprint density at radius 2 is 1.87 bits per heavy atom. The Balaban J connectivity index is 1.39. The predicted molar refractivity (Wildman–Crippen MR) is 134 cm³/mol. The topological polar surface area (TPSA) is 86.7 Å². The van der Waals surface area contributed by atoms with Crippen LogP contribution in [0.5, 0.6) is 5.75 Å². The van der Waals surface area contributed by atoms with Crippen molar-refractivity contribution < 1.29 is 32.3 Å². The van der Waals surface area contributed by atoms with E-state index in [1.54, 1.807) is 17.6 Å². The molecule has 1 atom stereocenters. The summed E-state index contributed by atoms with van der Waals surface area (Å²) < 4.78 is 62.2. The first kappa shape index (κ1) is 27.6. The molecule has 1 fully saturated rings. The molecule has 4 rings (SSSR count). The average molecular weight is 535 g/mol. The van der Waals surface area contributed by atoms with Crippen molar-refractivity contribution in [2.24, 2.45) is 5.41 Å². The number of hydroxylamine groups is 1. The van der Waals surface area contributed by atoms with Gasteiger partial charge in [-0.25, -0.2) is 23.0 Å². The smallest absolute Gasteiger partial charge is 0.249 e. The third-order valence-electron chi connectivity index (χ3n) is 7.27. The number of carbonyl (C=O) groups excluding carboxylic acids is 1. The molecule has 3 aromatic rings. The second-order valence-electron chi connectivity index (χ2n) is 9.56. The van der Waals surface area contributed by atoms with Gasteiger partial charge in [0.2, 0.25) is 5.91 Å². The zero-order valence-corrected chi connectivity index (χ0v) is 20.9. The number of halogens is 4. The summed E-state index contributed by atoms with van der Waals surface area (Å²) in [4.78, 5) is 18.8. The van der Waals surface area contributed by atoms with Crippen LogP contribution in [0.2, 0.25) is 0 Å². The molecule has 3 N–H and O–H groups in total. The van der Waals surface area contributed by atoms with Crippen molar-refractivity contribution in [2.75, 3.05) is 38.6 Å². The van der Waals surface area contributed by atoms with Crippen LogP contribution in [0.4, 0.5) is 23.2 Å². The standard InChI is InChI=1S/C27H30F4N4O3/c1-38-20-2-3-24-21(15-20)25(23(31)16-33-24)22(30)4-5-27(26(36)34-37)6-9-35(10-7-27)11-8-32-19-13-17(28)12-18(29)14-19/h2-3,12-16,22,32,37H,4-11H2,1H3,(H,34,36)/t22-/m1/s1. The summed E-state index contributed by atoms with van der Waals surface area (Å²) in [5.74, 6) is -2.27. The van der Waals surface area contributed by atoms with Gasteiger partial charge >= 0.3 is 0 Å². The van der Waals surface area contributed by atoms with Crippen molar-refractivity contribution in [3.63, 3.8) is 0 Å². The number of nitrogens with zero attached hydrogens (tertiary/aromatic N) is 2. The number of hydrogen-bond donors (Lipinski definition) is 3. The SMILES string of the molecule is COc1ccc2ncc(F)c([C@H](F)CCC3(C(=O)NO)CCN(CCNc4cc(F)cc(F)c4)CC3)c2c1. The van der Waals surface area contributed by atoms with Crippen LogP contribution in [0.1, 0.15) is 37.4 Å². The summed E-state index contributed by atoms with van der Waals surface area (Å²) in [6, 6.07) is 8.02. The van der Waals surface area contributed by atoms with Gasteiger partial charge in [0, 0.05) is 35.8 Å². The van der Waals surface area contributed by atoms with Crippen LogP contribution < -0.4 is 15.5 Å². The van der Waals surface area contributed by atoms with Gasteiger partial charge in [-0.1, -0.05) is 0 Å². The van der Waals surface area contributed by atoms with Crippen LogP contribution in [-0.2, 0) is 4.79 Å². The number of ether oxygens (including phenoxy) is 1. The quantitative estimate of drug-likeness (QED) is 0.190. The number of nitrogens with one attached hydrogen (secondary N) is 2. The summed E-state index contributed by atoms with van der Waals surface area (Å²) in [5, 5.41) is 12.7. The number of likely N-dealkylation sites (tertiary alicyclic amines) is 1. The Bertz CT molecular complexity index is 1260. The highest BCUT2D eigenvalue weighted by Gasteiger charge is 2.41. The van der Waals surface area contributed by atoms with Gasteiger partial charge in [-0.2, -0.15) is 0 Å². The summed E-state index contributed by atoms with van der Waals surface area (Å²) >= 11 is 0. The number of aromatic nitrogens is 1. The predicted octanol–water partition coefficient (Wildman–Crippen LogP) is 5.15. The monoisotopic (exact) mass is 534 g/mol. The fourth-order valence-corrected chi connectivity index (χ4v) is 5.09. The van der Waals surface area contributed by atoms with E-state index in [0.717, 1.165) is 12.3 Å². The van der Waals surface area contributed by atoms with Gasteiger partial charge in [0.15, 0.2) is 0 Å². The molecule has 0 unspecified atom stereocenters. The first-order valence-corrected chi connectivity index (χ1v) is 12.4. The molecule has 0 saturated carbocycles. The number of fused-ring (bicyclic) bond motifs is 1. The number of piperidine rings is 1. The van der Waals surface area contributed by atoms with Crippen LogP contribution in [0.15, 0.2) is 42.6 Å². The van der Waals surface area contributed by atoms with E-state index in [9.17, 15) is 23.2 Å². The van der Waals surface area contributed by atoms with Gasteiger partial charge in [0.1, 0.15) is 29.4 Å². The van der Waals surface area contributed by atoms with Gasteiger partial charge in [0.25, 0.3) is 0 Å². The lowest BCUT2D eigenvalue weighted by Gasteiger charge is -2.40. The second kappa shape index (κ2) is 12.0. The van der Waals surface area contributed by atoms with E-state index in [-0.39, 0.29) is 18.4 Å². The van der Waals surface area contributed by atoms with E-state index in [0.29, 0.717) is 61.4 Å². The minimum Gasteiger partial charge on any atom is -0.497 e. The molecule has 0 spiro atoms. The molecule has 1 aliphatic rings. The van der Waals surface area contributed by atoms with Crippen LogP contribution >= 0.6 is 0 Å². The number of benzene rings is 2. The maximum Gasteiger partial charge on any atom is 0.249 e. The molecule has 2 aromatic carbocycles. The molecular formula is C27H30F4N4O3. The van der Waals surface area contributed by atoms with Gasteiger partial charge in [-0.05, 0) is 69.1 Å². The van der Waals surface area contributed by atoms with Gasteiger partial charge in [0.05, 0.1) is 24.2 Å². The first-order chi connectivity index (χ1) is 18.2. The van der Waals surface area contributed by atoms with E-state index in [1.807, 2.05) is 0 Å². The molecule has 7 nitrogen and oxygen atoms in total. The number of pyridine rings is 1. The fraction of sp³-hybridized carbons (Fsp3) is 0.407. The van der Waals surface area contributed by atoms with E-state index in [2.05, 4.69) is 15.2 Å². The highest BCUT2D eigenvalue weighted by molar-refractivity contribution is 5.84. The summed E-state index contributed by atoms with van der Waals surface area (Å²) in [7, 11) is 1.46. The van der Waals surface area contributed by atoms with E-state index in [1.165, 1.54) is 25.3 Å². The highest BCUT2D eigenvalue weighted by atomic mass is 19.1. The summed E-state index contributed by atoms with van der Waals surface area (Å²) in [5.41, 5.74) is 1.32. The van der Waals surface area contributed by atoms with Gasteiger partial charge in [-0.3, -0.25) is 15.0 Å². The molecule has 0 radical (unpaired) electrons. The van der Waals surface area contributed by atoms with Crippen molar-refractivity contribution in [1.82, 2.24) is 15.4 Å². The Morgan fingerprint density at radius 3 is 2.53 bits per heavy atom. The molecule has 1 saturated heterocycles. The molecule has 204 valence electrons. The number of anilines is 1. The van der Waals surface area contributed by atoms with Crippen LogP contribution in [0, 0.1) is 22.9 Å². The van der Waals surface area contributed by atoms with Crippen LogP contribution in [-0.4, -0.2) is 54.3 Å². The molecule has 0 aliphatic carbocycles. The number of methoxy groups -OCH3 is 1. The maximum atomic E-state index is 15.5. The molecular weight excluding hydrogens is 504 g/mol. The highest BCUT2D eigenvalue weighted by Crippen LogP contribution is 2.41. The Hall–Kier alpha value is -3.44. The van der Waals surface area contributed by atoms with E-state index < -0.39 is 34.9 Å². The number of amides is 1. The minimum atomic E-state index is -1.70.